The molecule has 2 aromatic rings. The zero-order valence-electron chi connectivity index (χ0n) is 22.7. The van der Waals surface area contributed by atoms with Gasteiger partial charge in [-0.15, -0.1) is 0 Å². The van der Waals surface area contributed by atoms with E-state index < -0.39 is 0 Å². The van der Waals surface area contributed by atoms with Crippen LogP contribution >= 0.6 is 11.6 Å². The number of carbonyl (C=O) groups is 1. The number of amides is 1. The Kier molecular flexibility index (Phi) is 16.2. The van der Waals surface area contributed by atoms with Gasteiger partial charge in [-0.2, -0.15) is 0 Å². The van der Waals surface area contributed by atoms with Crippen molar-refractivity contribution in [1.82, 2.24) is 5.32 Å². The van der Waals surface area contributed by atoms with Gasteiger partial charge >= 0.3 is 0 Å². The second kappa shape index (κ2) is 19.2. The molecule has 0 aliphatic heterocycles. The number of hydrogen-bond donors (Lipinski definition) is 1. The number of benzene rings is 1. The van der Waals surface area contributed by atoms with Gasteiger partial charge in [-0.05, 0) is 49.2 Å². The lowest BCUT2D eigenvalue weighted by Gasteiger charge is -2.07. The van der Waals surface area contributed by atoms with E-state index in [-0.39, 0.29) is 12.5 Å². The maximum absolute atomic E-state index is 12.3. The van der Waals surface area contributed by atoms with Gasteiger partial charge in [0.1, 0.15) is 18.1 Å². The molecule has 0 atom stereocenters. The Labute approximate surface area is 224 Å². The summed E-state index contributed by atoms with van der Waals surface area (Å²) in [6.45, 7) is 5.19. The molecule has 0 saturated heterocycles. The van der Waals surface area contributed by atoms with Crippen LogP contribution in [-0.4, -0.2) is 12.5 Å². The highest BCUT2D eigenvalue weighted by Gasteiger charge is 2.11. The summed E-state index contributed by atoms with van der Waals surface area (Å²) in [5, 5.41) is 3.64. The maximum Gasteiger partial charge on any atom is 0.286 e. The maximum atomic E-state index is 12.3. The van der Waals surface area contributed by atoms with Gasteiger partial charge in [0.2, 0.25) is 0 Å². The Balaban J connectivity index is 1.41. The summed E-state index contributed by atoms with van der Waals surface area (Å²) in [7, 11) is 0. The monoisotopic (exact) mass is 517 g/mol. The standard InChI is InChI=1S/C31H48ClNO3/c1-3-4-5-6-7-8-9-10-11-12-13-14-15-16-17-18-23-33-31(34)30-22-20-28(36-30)25-35-29-21-19-27(32)24-26(29)2/h19-22,24H,3-18,23,25H2,1-2H3,(H,33,34). The summed E-state index contributed by atoms with van der Waals surface area (Å²) in [6.07, 6.45) is 21.5. The van der Waals surface area contributed by atoms with Crippen molar-refractivity contribution < 1.29 is 13.9 Å². The molecule has 0 unspecified atom stereocenters. The van der Waals surface area contributed by atoms with Crippen molar-refractivity contribution >= 4 is 17.5 Å². The molecule has 0 aliphatic carbocycles. The van der Waals surface area contributed by atoms with Crippen LogP contribution in [-0.2, 0) is 6.61 Å². The van der Waals surface area contributed by atoms with Crippen molar-refractivity contribution in [2.45, 2.75) is 123 Å². The van der Waals surface area contributed by atoms with Crippen molar-refractivity contribution in [3.05, 3.63) is 52.4 Å². The van der Waals surface area contributed by atoms with E-state index in [1.165, 1.54) is 89.9 Å². The van der Waals surface area contributed by atoms with Crippen LogP contribution in [0.1, 0.15) is 132 Å². The summed E-state index contributed by atoms with van der Waals surface area (Å²) >= 11 is 5.98. The van der Waals surface area contributed by atoms with E-state index in [9.17, 15) is 4.79 Å². The van der Waals surface area contributed by atoms with Gasteiger partial charge in [0, 0.05) is 11.6 Å². The Hall–Kier alpha value is -1.94. The third-order valence-electron chi connectivity index (χ3n) is 6.71. The average Bonchev–Trinajstić information content (AvgIpc) is 3.34. The molecule has 202 valence electrons. The number of rotatable bonds is 21. The van der Waals surface area contributed by atoms with Crippen molar-refractivity contribution in [3.63, 3.8) is 0 Å². The van der Waals surface area contributed by atoms with Gasteiger partial charge in [0.05, 0.1) is 0 Å². The molecule has 0 bridgehead atoms. The van der Waals surface area contributed by atoms with E-state index in [0.29, 0.717) is 23.1 Å². The molecule has 1 heterocycles. The molecule has 0 radical (unpaired) electrons. The molecule has 2 rings (SSSR count). The molecule has 0 fully saturated rings. The van der Waals surface area contributed by atoms with Gasteiger partial charge in [-0.1, -0.05) is 115 Å². The van der Waals surface area contributed by atoms with Gasteiger partial charge in [0.25, 0.3) is 5.91 Å². The first kappa shape index (κ1) is 30.3. The predicted molar refractivity (Wildman–Crippen MR) is 151 cm³/mol. The number of furan rings is 1. The van der Waals surface area contributed by atoms with E-state index in [1.807, 2.05) is 19.1 Å². The van der Waals surface area contributed by atoms with E-state index in [0.717, 1.165) is 24.2 Å². The van der Waals surface area contributed by atoms with Gasteiger partial charge < -0.3 is 14.5 Å². The Morgan fingerprint density at radius 2 is 1.36 bits per heavy atom. The van der Waals surface area contributed by atoms with Crippen LogP contribution < -0.4 is 10.1 Å². The number of aryl methyl sites for hydroxylation is 1. The fourth-order valence-corrected chi connectivity index (χ4v) is 4.69. The molecular weight excluding hydrogens is 470 g/mol. The summed E-state index contributed by atoms with van der Waals surface area (Å²) in [6, 6.07) is 8.98. The molecule has 36 heavy (non-hydrogen) atoms. The third kappa shape index (κ3) is 13.4. The quantitative estimate of drug-likeness (QED) is 0.167. The van der Waals surface area contributed by atoms with Crippen LogP contribution in [0.5, 0.6) is 5.75 Å². The number of unbranched alkanes of at least 4 members (excludes halogenated alkanes) is 15. The molecule has 0 spiro atoms. The topological polar surface area (TPSA) is 51.5 Å². The molecule has 1 amide bonds. The number of hydrogen-bond acceptors (Lipinski definition) is 3. The van der Waals surface area contributed by atoms with Crippen LogP contribution in [0.4, 0.5) is 0 Å². The van der Waals surface area contributed by atoms with Gasteiger partial charge in [0.15, 0.2) is 5.76 Å². The third-order valence-corrected chi connectivity index (χ3v) is 6.94. The lowest BCUT2D eigenvalue weighted by Crippen LogP contribution is -2.23. The first-order chi connectivity index (χ1) is 17.6. The summed E-state index contributed by atoms with van der Waals surface area (Å²) in [5.41, 5.74) is 0.964. The van der Waals surface area contributed by atoms with Gasteiger partial charge in [-0.25, -0.2) is 0 Å². The van der Waals surface area contributed by atoms with Crippen LogP contribution in [0.3, 0.4) is 0 Å². The summed E-state index contributed by atoms with van der Waals surface area (Å²) in [5.74, 6) is 1.55. The van der Waals surface area contributed by atoms with Crippen molar-refractivity contribution in [2.75, 3.05) is 6.54 Å². The normalized spacial score (nSPS) is 11.1. The summed E-state index contributed by atoms with van der Waals surface area (Å²) < 4.78 is 11.4. The molecule has 1 aromatic heterocycles. The lowest BCUT2D eigenvalue weighted by atomic mass is 10.0. The Morgan fingerprint density at radius 3 is 1.92 bits per heavy atom. The van der Waals surface area contributed by atoms with E-state index >= 15 is 0 Å². The molecule has 1 N–H and O–H groups in total. The lowest BCUT2D eigenvalue weighted by molar-refractivity contribution is 0.0921. The Bertz CT molecular complexity index is 848. The molecule has 4 nitrogen and oxygen atoms in total. The van der Waals surface area contributed by atoms with Crippen molar-refractivity contribution in [1.29, 1.82) is 0 Å². The number of carbonyl (C=O) groups excluding carboxylic acids is 1. The minimum atomic E-state index is -0.162. The minimum absolute atomic E-state index is 0.162. The number of nitrogens with one attached hydrogen (secondary N) is 1. The zero-order valence-corrected chi connectivity index (χ0v) is 23.5. The largest absolute Gasteiger partial charge is 0.485 e. The molecule has 0 aliphatic rings. The smallest absolute Gasteiger partial charge is 0.286 e. The average molecular weight is 518 g/mol. The number of ether oxygens (including phenoxy) is 1. The van der Waals surface area contributed by atoms with E-state index in [1.54, 1.807) is 18.2 Å². The van der Waals surface area contributed by atoms with Crippen LogP contribution in [0.2, 0.25) is 5.02 Å². The van der Waals surface area contributed by atoms with Crippen molar-refractivity contribution in [2.24, 2.45) is 0 Å². The Morgan fingerprint density at radius 1 is 0.806 bits per heavy atom. The van der Waals surface area contributed by atoms with E-state index in [2.05, 4.69) is 12.2 Å². The first-order valence-electron chi connectivity index (χ1n) is 14.4. The second-order valence-electron chi connectivity index (χ2n) is 10.0. The van der Waals surface area contributed by atoms with Gasteiger partial charge in [-0.3, -0.25) is 4.79 Å². The highest BCUT2D eigenvalue weighted by Crippen LogP contribution is 2.23. The zero-order chi connectivity index (χ0) is 25.8. The van der Waals surface area contributed by atoms with Crippen LogP contribution in [0.15, 0.2) is 34.7 Å². The molecule has 5 heteroatoms. The minimum Gasteiger partial charge on any atom is -0.485 e. The molecular formula is C31H48ClNO3. The predicted octanol–water partition coefficient (Wildman–Crippen LogP) is 9.81. The fourth-order valence-electron chi connectivity index (χ4n) is 4.46. The van der Waals surface area contributed by atoms with Crippen LogP contribution in [0.25, 0.3) is 0 Å². The summed E-state index contributed by atoms with van der Waals surface area (Å²) in [4.78, 5) is 12.3. The SMILES string of the molecule is CCCCCCCCCCCCCCCCCCNC(=O)c1ccc(COc2ccc(Cl)cc2C)o1. The fraction of sp³-hybridized carbons (Fsp3) is 0.645. The highest BCUT2D eigenvalue weighted by molar-refractivity contribution is 6.30. The molecule has 1 aromatic carbocycles. The highest BCUT2D eigenvalue weighted by atomic mass is 35.5. The van der Waals surface area contributed by atoms with E-state index in [4.69, 9.17) is 20.8 Å². The van der Waals surface area contributed by atoms with Crippen molar-refractivity contribution in [3.8, 4) is 5.75 Å². The molecule has 0 saturated carbocycles. The second-order valence-corrected chi connectivity index (χ2v) is 10.5. The van der Waals surface area contributed by atoms with Crippen LogP contribution in [0, 0.1) is 6.92 Å². The first-order valence-corrected chi connectivity index (χ1v) is 14.7. The number of halogens is 1.